The van der Waals surface area contributed by atoms with E-state index in [4.69, 9.17) is 0 Å². The zero-order chi connectivity index (χ0) is 26.7. The van der Waals surface area contributed by atoms with Gasteiger partial charge in [-0.25, -0.2) is 8.42 Å². The molecule has 1 unspecified atom stereocenters. The Morgan fingerprint density at radius 1 is 1.05 bits per heavy atom. The number of para-hydroxylation sites is 1. The van der Waals surface area contributed by atoms with Crippen molar-refractivity contribution in [3.05, 3.63) is 89.7 Å². The molecule has 1 atom stereocenters. The smallest absolute Gasteiger partial charge is 0.264 e. The molecule has 1 N–H and O–H groups in total. The van der Waals surface area contributed by atoms with Gasteiger partial charge >= 0.3 is 0 Å². The summed E-state index contributed by atoms with van der Waals surface area (Å²) in [6.07, 6.45) is 8.23. The maximum absolute atomic E-state index is 13.2. The van der Waals surface area contributed by atoms with Crippen LogP contribution in [-0.2, 0) is 10.0 Å². The maximum atomic E-state index is 13.2. The molecule has 0 bridgehead atoms. The number of rotatable bonds is 6. The van der Waals surface area contributed by atoms with Gasteiger partial charge in [0.15, 0.2) is 0 Å². The number of carbonyl (C=O) groups excluding carboxylic acids is 1. The van der Waals surface area contributed by atoms with Crippen molar-refractivity contribution in [1.82, 2.24) is 14.8 Å². The summed E-state index contributed by atoms with van der Waals surface area (Å²) < 4.78 is 29.4. The normalized spacial score (nSPS) is 19.0. The number of nitrogens with one attached hydrogen (secondary N) is 1. The summed E-state index contributed by atoms with van der Waals surface area (Å²) in [6, 6.07) is 15.3. The molecule has 1 fully saturated rings. The van der Waals surface area contributed by atoms with Crippen LogP contribution < -0.4 is 4.72 Å². The summed E-state index contributed by atoms with van der Waals surface area (Å²) in [5.41, 5.74) is 4.16. The lowest BCUT2D eigenvalue weighted by molar-refractivity contribution is 0.0762. The van der Waals surface area contributed by atoms with E-state index in [-0.39, 0.29) is 10.8 Å². The van der Waals surface area contributed by atoms with E-state index in [1.807, 2.05) is 17.0 Å². The Kier molecular flexibility index (Phi) is 8.15. The van der Waals surface area contributed by atoms with Crippen molar-refractivity contribution in [2.45, 2.75) is 28.6 Å². The predicted octanol–water partition coefficient (Wildman–Crippen LogP) is 5.26. The molecule has 2 aromatic carbocycles. The molecule has 1 amide bonds. The van der Waals surface area contributed by atoms with E-state index in [0.717, 1.165) is 37.9 Å². The Morgan fingerprint density at radius 3 is 2.63 bits per heavy atom. The van der Waals surface area contributed by atoms with E-state index in [1.165, 1.54) is 11.1 Å². The number of alkyl halides is 1. The SMILES string of the molecule is CC1=CC(CN2CCCN(C(=O)c3ccc(NS(=O)(=O)c4cccc5cccnc45)cc3)CC2)=CCC1I. The quantitative estimate of drug-likeness (QED) is 0.293. The fraction of sp³-hybridized carbons (Fsp3) is 0.310. The highest BCUT2D eigenvalue weighted by atomic mass is 127. The van der Waals surface area contributed by atoms with Crippen LogP contribution in [0, 0.1) is 0 Å². The van der Waals surface area contributed by atoms with Crippen LogP contribution in [-0.4, -0.2) is 65.8 Å². The number of hydrogen-bond acceptors (Lipinski definition) is 5. The van der Waals surface area contributed by atoms with Crippen LogP contribution >= 0.6 is 22.6 Å². The molecule has 2 heterocycles. The molecule has 0 saturated carbocycles. The van der Waals surface area contributed by atoms with E-state index in [1.54, 1.807) is 48.7 Å². The van der Waals surface area contributed by atoms with Gasteiger partial charge in [0.1, 0.15) is 4.90 Å². The van der Waals surface area contributed by atoms with Crippen LogP contribution in [0.15, 0.2) is 89.0 Å². The van der Waals surface area contributed by atoms with Crippen LogP contribution in [0.4, 0.5) is 5.69 Å². The van der Waals surface area contributed by atoms with E-state index in [9.17, 15) is 13.2 Å². The minimum atomic E-state index is -3.85. The first-order valence-electron chi connectivity index (χ1n) is 12.8. The van der Waals surface area contributed by atoms with Crippen LogP contribution in [0.5, 0.6) is 0 Å². The minimum absolute atomic E-state index is 0.0279. The van der Waals surface area contributed by atoms with Crippen LogP contribution in [0.1, 0.15) is 30.1 Å². The number of halogens is 1. The molecule has 5 rings (SSSR count). The molecular formula is C29H31IN4O3S. The second-order valence-electron chi connectivity index (χ2n) is 9.81. The Morgan fingerprint density at radius 2 is 1.84 bits per heavy atom. The largest absolute Gasteiger partial charge is 0.337 e. The van der Waals surface area contributed by atoms with Crippen LogP contribution in [0.25, 0.3) is 10.9 Å². The molecule has 1 saturated heterocycles. The van der Waals surface area contributed by atoms with Gasteiger partial charge in [0.25, 0.3) is 15.9 Å². The summed E-state index contributed by atoms with van der Waals surface area (Å²) in [4.78, 5) is 21.9. The van der Waals surface area contributed by atoms with Gasteiger partial charge in [-0.15, -0.1) is 0 Å². The number of allylic oxidation sites excluding steroid dienone is 2. The molecule has 0 radical (unpaired) electrons. The van der Waals surface area contributed by atoms with Gasteiger partial charge in [-0.1, -0.05) is 58.5 Å². The first-order valence-corrected chi connectivity index (χ1v) is 15.5. The average Bonchev–Trinajstić information content (AvgIpc) is 3.16. The third-order valence-electron chi connectivity index (χ3n) is 7.05. The molecule has 198 valence electrons. The number of hydrogen-bond donors (Lipinski definition) is 1. The van der Waals surface area contributed by atoms with Crippen LogP contribution in [0.2, 0.25) is 0 Å². The first-order chi connectivity index (χ1) is 18.3. The Hall–Kier alpha value is -2.76. The molecule has 3 aromatic rings. The Bertz CT molecular complexity index is 1500. The molecule has 7 nitrogen and oxygen atoms in total. The third kappa shape index (κ3) is 6.10. The van der Waals surface area contributed by atoms with Gasteiger partial charge in [0.2, 0.25) is 0 Å². The Balaban J connectivity index is 1.21. The number of aromatic nitrogens is 1. The van der Waals surface area contributed by atoms with Gasteiger partial charge < -0.3 is 4.90 Å². The fourth-order valence-corrected chi connectivity index (χ4v) is 6.62. The monoisotopic (exact) mass is 642 g/mol. The summed E-state index contributed by atoms with van der Waals surface area (Å²) in [6.45, 7) is 6.30. The summed E-state index contributed by atoms with van der Waals surface area (Å²) >= 11 is 2.49. The Labute approximate surface area is 237 Å². The molecule has 1 aliphatic heterocycles. The highest BCUT2D eigenvalue weighted by molar-refractivity contribution is 14.1. The minimum Gasteiger partial charge on any atom is -0.337 e. The molecular weight excluding hydrogens is 611 g/mol. The van der Waals surface area contributed by atoms with Crippen molar-refractivity contribution in [3.8, 4) is 0 Å². The van der Waals surface area contributed by atoms with Crippen molar-refractivity contribution >= 4 is 55.1 Å². The summed E-state index contributed by atoms with van der Waals surface area (Å²) in [5, 5.41) is 0.753. The lowest BCUT2D eigenvalue weighted by Gasteiger charge is -2.24. The maximum Gasteiger partial charge on any atom is 0.264 e. The van der Waals surface area contributed by atoms with Gasteiger partial charge in [-0.3, -0.25) is 19.4 Å². The number of anilines is 1. The zero-order valence-electron chi connectivity index (χ0n) is 21.3. The number of sulfonamides is 1. The first kappa shape index (κ1) is 26.8. The second-order valence-corrected chi connectivity index (χ2v) is 13.0. The lowest BCUT2D eigenvalue weighted by Crippen LogP contribution is -2.35. The number of carbonyl (C=O) groups is 1. The summed E-state index contributed by atoms with van der Waals surface area (Å²) in [5.74, 6) is -0.0279. The molecule has 1 aromatic heterocycles. The van der Waals surface area contributed by atoms with Gasteiger partial charge in [0.05, 0.1) is 5.52 Å². The number of pyridine rings is 1. The van der Waals surface area contributed by atoms with Crippen molar-refractivity contribution in [1.29, 1.82) is 0 Å². The van der Waals surface area contributed by atoms with E-state index in [2.05, 4.69) is 56.3 Å². The highest BCUT2D eigenvalue weighted by Crippen LogP contribution is 2.26. The second kappa shape index (κ2) is 11.5. The van der Waals surface area contributed by atoms with E-state index >= 15 is 0 Å². The van der Waals surface area contributed by atoms with Crippen molar-refractivity contribution in [2.24, 2.45) is 0 Å². The zero-order valence-corrected chi connectivity index (χ0v) is 24.3. The topological polar surface area (TPSA) is 82.6 Å². The number of benzene rings is 2. The molecule has 38 heavy (non-hydrogen) atoms. The van der Waals surface area contributed by atoms with Gasteiger partial charge in [-0.2, -0.15) is 0 Å². The lowest BCUT2D eigenvalue weighted by atomic mass is 10.0. The van der Waals surface area contributed by atoms with Crippen molar-refractivity contribution in [3.63, 3.8) is 0 Å². The molecule has 0 spiro atoms. The van der Waals surface area contributed by atoms with Crippen molar-refractivity contribution < 1.29 is 13.2 Å². The van der Waals surface area contributed by atoms with E-state index < -0.39 is 10.0 Å². The van der Waals surface area contributed by atoms with Crippen molar-refractivity contribution in [2.75, 3.05) is 37.4 Å². The predicted molar refractivity (Wildman–Crippen MR) is 160 cm³/mol. The standard InChI is InChI=1S/C29H31IN4O3S/c1-21-19-22(8-13-26(21)30)20-33-15-4-16-34(18-17-33)29(35)24-9-11-25(12-10-24)32-38(36,37)27-7-2-5-23-6-3-14-31-28(23)27/h2-3,5-12,14,19,26,32H,4,13,15-18,20H2,1H3. The van der Waals surface area contributed by atoms with Crippen LogP contribution in [0.3, 0.4) is 0 Å². The fourth-order valence-electron chi connectivity index (χ4n) is 4.95. The molecule has 9 heteroatoms. The highest BCUT2D eigenvalue weighted by Gasteiger charge is 2.22. The number of fused-ring (bicyclic) bond motifs is 1. The summed E-state index contributed by atoms with van der Waals surface area (Å²) in [7, 11) is -3.85. The van der Waals surface area contributed by atoms with Gasteiger partial charge in [0, 0.05) is 59.5 Å². The average molecular weight is 643 g/mol. The number of amides is 1. The number of nitrogens with zero attached hydrogens (tertiary/aromatic N) is 3. The molecule has 2 aliphatic rings. The molecule has 1 aliphatic carbocycles. The third-order valence-corrected chi connectivity index (χ3v) is 9.95. The van der Waals surface area contributed by atoms with E-state index in [0.29, 0.717) is 33.8 Å². The van der Waals surface area contributed by atoms with Gasteiger partial charge in [-0.05, 0) is 61.7 Å².